The van der Waals surface area contributed by atoms with Crippen molar-refractivity contribution in [2.45, 2.75) is 90.5 Å². The van der Waals surface area contributed by atoms with Crippen LogP contribution in [0.15, 0.2) is 47.0 Å². The number of unbranched alkanes of at least 4 members (excludes halogenated alkanes) is 5. The minimum absolute atomic E-state index is 0.0990. The van der Waals surface area contributed by atoms with Gasteiger partial charge in [-0.25, -0.2) is 5.21 Å². The van der Waals surface area contributed by atoms with E-state index in [1.807, 2.05) is 19.1 Å². The minimum Gasteiger partial charge on any atom is -0.334 e. The van der Waals surface area contributed by atoms with Gasteiger partial charge in [0.25, 0.3) is 5.89 Å². The number of aromatic nitrogens is 2. The zero-order chi connectivity index (χ0) is 23.8. The third-order valence-corrected chi connectivity index (χ3v) is 7.15. The van der Waals surface area contributed by atoms with Crippen molar-refractivity contribution in [2.24, 2.45) is 0 Å². The maximum Gasteiger partial charge on any atom is 0.257 e. The first kappa shape index (κ1) is 24.6. The number of benzene rings is 2. The highest BCUT2D eigenvalue weighted by molar-refractivity contribution is 5.54. The quantitative estimate of drug-likeness (QED) is 0.260. The van der Waals surface area contributed by atoms with E-state index in [0.717, 1.165) is 42.6 Å². The molecule has 1 aliphatic carbocycles. The van der Waals surface area contributed by atoms with Crippen LogP contribution in [0.5, 0.6) is 0 Å². The van der Waals surface area contributed by atoms with Gasteiger partial charge < -0.3 is 4.52 Å². The van der Waals surface area contributed by atoms with E-state index in [0.29, 0.717) is 17.5 Å². The van der Waals surface area contributed by atoms with Crippen molar-refractivity contribution < 1.29 is 14.8 Å². The minimum atomic E-state index is -0.0990. The zero-order valence-electron chi connectivity index (χ0n) is 20.9. The van der Waals surface area contributed by atoms with Crippen molar-refractivity contribution in [1.29, 1.82) is 0 Å². The number of rotatable bonds is 12. The van der Waals surface area contributed by atoms with E-state index in [2.05, 4.69) is 47.4 Å². The Morgan fingerprint density at radius 1 is 0.941 bits per heavy atom. The summed E-state index contributed by atoms with van der Waals surface area (Å²) >= 11 is 0. The number of nitrogens with zero attached hydrogens (tertiary/aromatic N) is 2. The second-order valence-corrected chi connectivity index (χ2v) is 9.63. The molecule has 5 nitrogen and oxygen atoms in total. The Hall–Kier alpha value is -2.50. The maximum atomic E-state index is 10.9. The molecule has 1 aliphatic rings. The first-order valence-corrected chi connectivity index (χ1v) is 13.3. The lowest BCUT2D eigenvalue weighted by molar-refractivity contribution is -1.11. The summed E-state index contributed by atoms with van der Waals surface area (Å²) in [5.74, 6) is 1.37. The van der Waals surface area contributed by atoms with E-state index in [-0.39, 0.29) is 6.04 Å². The molecule has 0 saturated carbocycles. The molecule has 2 aromatic carbocycles. The highest BCUT2D eigenvalue weighted by Crippen LogP contribution is 2.31. The molecule has 0 bridgehead atoms. The average molecular weight is 463 g/mol. The largest absolute Gasteiger partial charge is 0.334 e. The summed E-state index contributed by atoms with van der Waals surface area (Å²) in [4.78, 5) is 4.62. The SMILES string of the molecule is CCCCCCCCc1noc(-c2ccc(C(c3cccc4c3CCCC4)[NH+](O)CC)cc2)n1. The molecule has 2 N–H and O–H groups in total. The Morgan fingerprint density at radius 3 is 2.50 bits per heavy atom. The van der Waals surface area contributed by atoms with Gasteiger partial charge in [0.1, 0.15) is 6.54 Å². The Morgan fingerprint density at radius 2 is 1.71 bits per heavy atom. The van der Waals surface area contributed by atoms with Crippen LogP contribution in [-0.4, -0.2) is 21.9 Å². The van der Waals surface area contributed by atoms with E-state index in [9.17, 15) is 5.21 Å². The molecular formula is C29H40N3O2+. The molecule has 0 amide bonds. The summed E-state index contributed by atoms with van der Waals surface area (Å²) in [6.45, 7) is 4.91. The van der Waals surface area contributed by atoms with E-state index in [4.69, 9.17) is 4.52 Å². The number of hydrogen-bond acceptors (Lipinski definition) is 4. The topological polar surface area (TPSA) is 63.6 Å². The Bertz CT molecular complexity index is 1030. The van der Waals surface area contributed by atoms with Gasteiger partial charge >= 0.3 is 0 Å². The number of hydroxylamine groups is 2. The van der Waals surface area contributed by atoms with Crippen molar-refractivity contribution >= 4 is 0 Å². The molecule has 0 saturated heterocycles. The van der Waals surface area contributed by atoms with Crippen LogP contribution in [0.4, 0.5) is 0 Å². The first-order valence-electron chi connectivity index (χ1n) is 13.3. The van der Waals surface area contributed by atoms with Crippen LogP contribution >= 0.6 is 0 Å². The van der Waals surface area contributed by atoms with Gasteiger partial charge in [0, 0.05) is 23.1 Å². The van der Waals surface area contributed by atoms with Gasteiger partial charge in [-0.15, -0.1) is 0 Å². The summed E-state index contributed by atoms with van der Waals surface area (Å²) < 4.78 is 5.56. The standard InChI is InChI=1S/C29H39N3O2/c1-3-5-6-7-8-9-17-27-30-29(34-31-27)24-20-18-23(19-21-24)28(32(33)4-2)26-16-12-14-22-13-10-11-15-25(22)26/h12,14,16,18-21,28,33H,3-11,13,15,17H2,1-2H3/p+1. The van der Waals surface area contributed by atoms with Crippen LogP contribution in [0, 0.1) is 0 Å². The number of quaternary nitrogens is 1. The molecule has 2 atom stereocenters. The summed E-state index contributed by atoms with van der Waals surface area (Å²) in [6.07, 6.45) is 13.1. The van der Waals surface area contributed by atoms with Gasteiger partial charge in [-0.2, -0.15) is 10.0 Å². The van der Waals surface area contributed by atoms with Crippen molar-refractivity contribution in [3.05, 3.63) is 70.5 Å². The third-order valence-electron chi connectivity index (χ3n) is 7.15. The van der Waals surface area contributed by atoms with Crippen molar-refractivity contribution in [3.8, 4) is 11.5 Å². The number of nitrogens with one attached hydrogen (secondary N) is 1. The fourth-order valence-corrected chi connectivity index (χ4v) is 5.19. The van der Waals surface area contributed by atoms with Gasteiger partial charge in [0.15, 0.2) is 11.9 Å². The van der Waals surface area contributed by atoms with Gasteiger partial charge in [0.05, 0.1) is 0 Å². The molecule has 4 rings (SSSR count). The van der Waals surface area contributed by atoms with Crippen LogP contribution < -0.4 is 5.06 Å². The van der Waals surface area contributed by atoms with E-state index < -0.39 is 0 Å². The van der Waals surface area contributed by atoms with Gasteiger partial charge in [-0.05, 0) is 62.3 Å². The van der Waals surface area contributed by atoms with Crippen LogP contribution in [-0.2, 0) is 19.3 Å². The lowest BCUT2D eigenvalue weighted by Crippen LogP contribution is -3.09. The number of hydrogen-bond donors (Lipinski definition) is 2. The molecule has 2 unspecified atom stereocenters. The summed E-state index contributed by atoms with van der Waals surface area (Å²) in [5, 5.41) is 15.7. The second kappa shape index (κ2) is 12.3. The molecule has 0 fully saturated rings. The molecule has 5 heteroatoms. The van der Waals surface area contributed by atoms with Crippen LogP contribution in [0.25, 0.3) is 11.5 Å². The van der Waals surface area contributed by atoms with Crippen LogP contribution in [0.1, 0.15) is 99.3 Å². The summed E-state index contributed by atoms with van der Waals surface area (Å²) in [7, 11) is 0. The lowest BCUT2D eigenvalue weighted by Gasteiger charge is -2.27. The zero-order valence-corrected chi connectivity index (χ0v) is 20.9. The van der Waals surface area contributed by atoms with E-state index in [1.54, 1.807) is 0 Å². The summed E-state index contributed by atoms with van der Waals surface area (Å²) in [6, 6.07) is 14.8. The Kier molecular flexibility index (Phi) is 8.89. The van der Waals surface area contributed by atoms with Crippen LogP contribution in [0.2, 0.25) is 0 Å². The number of fused-ring (bicyclic) bond motifs is 1. The van der Waals surface area contributed by atoms with Crippen LogP contribution in [0.3, 0.4) is 0 Å². The first-order chi connectivity index (χ1) is 16.7. The molecule has 1 heterocycles. The fraction of sp³-hybridized carbons (Fsp3) is 0.517. The van der Waals surface area contributed by atoms with Crippen molar-refractivity contribution in [3.63, 3.8) is 0 Å². The normalized spacial score (nSPS) is 15.1. The molecular weight excluding hydrogens is 422 g/mol. The monoisotopic (exact) mass is 462 g/mol. The highest BCUT2D eigenvalue weighted by Gasteiger charge is 2.28. The maximum absolute atomic E-state index is 10.9. The smallest absolute Gasteiger partial charge is 0.257 e. The van der Waals surface area contributed by atoms with Gasteiger partial charge in [-0.3, -0.25) is 0 Å². The van der Waals surface area contributed by atoms with Gasteiger partial charge in [-0.1, -0.05) is 74.5 Å². The summed E-state index contributed by atoms with van der Waals surface area (Å²) in [5.41, 5.74) is 6.16. The third kappa shape index (κ3) is 5.94. The lowest BCUT2D eigenvalue weighted by atomic mass is 9.84. The molecule has 182 valence electrons. The highest BCUT2D eigenvalue weighted by atomic mass is 16.5. The predicted molar refractivity (Wildman–Crippen MR) is 135 cm³/mol. The fourth-order valence-electron chi connectivity index (χ4n) is 5.19. The Labute approximate surface area is 204 Å². The predicted octanol–water partition coefficient (Wildman–Crippen LogP) is 5.90. The molecule has 34 heavy (non-hydrogen) atoms. The second-order valence-electron chi connectivity index (χ2n) is 9.63. The molecule has 0 radical (unpaired) electrons. The Balaban J connectivity index is 1.47. The number of aryl methyl sites for hydroxylation is 2. The molecule has 1 aromatic heterocycles. The van der Waals surface area contributed by atoms with Gasteiger partial charge in [0.2, 0.25) is 0 Å². The van der Waals surface area contributed by atoms with Crippen molar-refractivity contribution in [2.75, 3.05) is 6.54 Å². The molecule has 0 spiro atoms. The average Bonchev–Trinajstić information content (AvgIpc) is 3.35. The van der Waals surface area contributed by atoms with E-state index >= 15 is 0 Å². The molecule has 3 aromatic rings. The molecule has 0 aliphatic heterocycles. The van der Waals surface area contributed by atoms with Crippen molar-refractivity contribution in [1.82, 2.24) is 10.1 Å². The van der Waals surface area contributed by atoms with E-state index in [1.165, 1.54) is 61.6 Å².